The van der Waals surface area contributed by atoms with Crippen molar-refractivity contribution in [2.75, 3.05) is 32.8 Å². The number of hydrogen-bond donors (Lipinski definition) is 1. The number of rotatable bonds is 8. The number of quaternary nitrogens is 1. The van der Waals surface area contributed by atoms with Crippen LogP contribution >= 0.6 is 7.82 Å². The van der Waals surface area contributed by atoms with Crippen molar-refractivity contribution in [3.8, 4) is 0 Å². The van der Waals surface area contributed by atoms with E-state index in [0.29, 0.717) is 6.42 Å². The van der Waals surface area contributed by atoms with E-state index in [-0.39, 0.29) is 6.61 Å². The summed E-state index contributed by atoms with van der Waals surface area (Å²) < 4.78 is 15.6. The Hall–Kier alpha value is 0.0700. The van der Waals surface area contributed by atoms with Gasteiger partial charge in [-0.25, -0.2) is 0 Å². The molecule has 5 nitrogen and oxygen atoms in total. The molecule has 1 N–H and O–H groups in total. The van der Waals surface area contributed by atoms with E-state index in [1.807, 2.05) is 0 Å². The summed E-state index contributed by atoms with van der Waals surface area (Å²) in [7, 11) is -4.53. The van der Waals surface area contributed by atoms with Crippen LogP contribution in [0.3, 0.4) is 0 Å². The van der Waals surface area contributed by atoms with Crippen LogP contribution in [-0.4, -0.2) is 42.2 Å². The third-order valence-electron chi connectivity index (χ3n) is 3.04. The zero-order chi connectivity index (χ0) is 11.9. The van der Waals surface area contributed by atoms with Crippen LogP contribution in [-0.2, 0) is 9.09 Å². The van der Waals surface area contributed by atoms with Crippen molar-refractivity contribution in [3.63, 3.8) is 0 Å². The Morgan fingerprint density at radius 1 is 1.27 bits per heavy atom. The number of nitrogens with zero attached hydrogens (tertiary/aromatic N) is 1. The predicted molar refractivity (Wildman–Crippen MR) is 57.1 cm³/mol. The molecule has 0 rings (SSSR count). The summed E-state index contributed by atoms with van der Waals surface area (Å²) in [5.74, 6) is 0. The van der Waals surface area contributed by atoms with E-state index < -0.39 is 7.82 Å². The third-order valence-corrected chi connectivity index (χ3v) is 3.55. The molecule has 0 aromatic carbocycles. The summed E-state index contributed by atoms with van der Waals surface area (Å²) in [6, 6.07) is 0. The molecule has 0 bridgehead atoms. The molecule has 0 fully saturated rings. The van der Waals surface area contributed by atoms with E-state index in [1.54, 1.807) is 0 Å². The molecule has 6 heteroatoms. The minimum Gasteiger partial charge on any atom is -0.756 e. The first-order valence-electron chi connectivity index (χ1n) is 5.42. The van der Waals surface area contributed by atoms with E-state index in [0.717, 1.165) is 30.7 Å². The van der Waals surface area contributed by atoms with Crippen LogP contribution in [0.5, 0.6) is 0 Å². The second-order valence-corrected chi connectivity index (χ2v) is 4.86. The van der Waals surface area contributed by atoms with Crippen molar-refractivity contribution in [1.29, 1.82) is 0 Å². The number of phosphoric ester groups is 1. The predicted octanol–water partition coefficient (Wildman–Crippen LogP) is 0.730. The van der Waals surface area contributed by atoms with Crippen molar-refractivity contribution >= 4 is 7.82 Å². The molecule has 0 aliphatic carbocycles. The molecule has 15 heavy (non-hydrogen) atoms. The topological polar surface area (TPSA) is 69.6 Å². The Labute approximate surface area is 91.9 Å². The Kier molecular flexibility index (Phi) is 6.64. The quantitative estimate of drug-likeness (QED) is 0.385. The van der Waals surface area contributed by atoms with Gasteiger partial charge in [-0.1, -0.05) is 0 Å². The second kappa shape index (κ2) is 6.61. The number of hydrogen-bond acceptors (Lipinski definition) is 3. The normalized spacial score (nSPS) is 16.3. The van der Waals surface area contributed by atoms with E-state index >= 15 is 0 Å². The molecule has 1 unspecified atom stereocenters. The fraction of sp³-hybridized carbons (Fsp3) is 1.00. The molecule has 0 heterocycles. The number of phosphoric acid groups is 1. The van der Waals surface area contributed by atoms with Crippen LogP contribution in [0.15, 0.2) is 0 Å². The van der Waals surface area contributed by atoms with Crippen LogP contribution in [0, 0.1) is 0 Å². The summed E-state index contributed by atoms with van der Waals surface area (Å²) in [6.45, 7) is 10.4. The maximum Gasteiger partial charge on any atom is 0.265 e. The summed E-state index contributed by atoms with van der Waals surface area (Å²) in [5, 5.41) is 0. The average Bonchev–Trinajstić information content (AvgIpc) is 2.18. The standard InChI is InChI=1S/C9H22NO4P/c1-4-10(5-2,6-3)8-7-9-14-15(11,12)13/h4-9H2,1-3H3,(H-,11,12,13). The maximum atomic E-state index is 10.3. The lowest BCUT2D eigenvalue weighted by atomic mass is 10.3. The first kappa shape index (κ1) is 15.1. The molecule has 0 saturated heterocycles. The van der Waals surface area contributed by atoms with Crippen LogP contribution in [0.25, 0.3) is 0 Å². The van der Waals surface area contributed by atoms with Crippen molar-refractivity contribution < 1.29 is 23.4 Å². The summed E-state index contributed by atoms with van der Waals surface area (Å²) in [4.78, 5) is 18.7. The molecule has 0 aromatic heterocycles. The van der Waals surface area contributed by atoms with Gasteiger partial charge in [-0.15, -0.1) is 0 Å². The maximum absolute atomic E-state index is 10.3. The first-order chi connectivity index (χ1) is 6.89. The Balaban J connectivity index is 3.87. The van der Waals surface area contributed by atoms with Crippen molar-refractivity contribution in [2.24, 2.45) is 0 Å². The fourth-order valence-corrected chi connectivity index (χ4v) is 2.08. The Bertz CT molecular complexity index is 204. The molecule has 0 spiro atoms. The van der Waals surface area contributed by atoms with Gasteiger partial charge in [0.1, 0.15) is 0 Å². The highest BCUT2D eigenvalue weighted by atomic mass is 31.2. The van der Waals surface area contributed by atoms with Gasteiger partial charge in [-0.2, -0.15) is 0 Å². The van der Waals surface area contributed by atoms with Crippen LogP contribution in [0.4, 0.5) is 0 Å². The first-order valence-corrected chi connectivity index (χ1v) is 6.92. The molecule has 0 amide bonds. The van der Waals surface area contributed by atoms with Gasteiger partial charge in [0, 0.05) is 6.42 Å². The monoisotopic (exact) mass is 239 g/mol. The third kappa shape index (κ3) is 6.28. The van der Waals surface area contributed by atoms with Crippen LogP contribution in [0.1, 0.15) is 27.2 Å². The molecule has 1 atom stereocenters. The van der Waals surface area contributed by atoms with Gasteiger partial charge >= 0.3 is 0 Å². The van der Waals surface area contributed by atoms with E-state index in [2.05, 4.69) is 25.3 Å². The molecule has 0 saturated carbocycles. The summed E-state index contributed by atoms with van der Waals surface area (Å²) in [6.07, 6.45) is 0.641. The van der Waals surface area contributed by atoms with E-state index in [1.165, 1.54) is 0 Å². The van der Waals surface area contributed by atoms with Crippen LogP contribution < -0.4 is 4.89 Å². The minimum atomic E-state index is -4.53. The SMILES string of the molecule is CC[N+](CC)(CC)CCCOP(=O)([O-])O. The molecule has 0 aromatic rings. The molecule has 92 valence electrons. The molecular formula is C9H22NO4P. The van der Waals surface area contributed by atoms with Gasteiger partial charge in [0.2, 0.25) is 0 Å². The minimum absolute atomic E-state index is 0.0667. The lowest BCUT2D eigenvalue weighted by Crippen LogP contribution is -2.48. The summed E-state index contributed by atoms with van der Waals surface area (Å²) in [5.41, 5.74) is 0. The van der Waals surface area contributed by atoms with Gasteiger partial charge in [0.15, 0.2) is 0 Å². The lowest BCUT2D eigenvalue weighted by molar-refractivity contribution is -0.923. The average molecular weight is 239 g/mol. The zero-order valence-corrected chi connectivity index (χ0v) is 10.7. The summed E-state index contributed by atoms with van der Waals surface area (Å²) >= 11 is 0. The Morgan fingerprint density at radius 2 is 1.73 bits per heavy atom. The van der Waals surface area contributed by atoms with Crippen molar-refractivity contribution in [1.82, 2.24) is 0 Å². The van der Waals surface area contributed by atoms with E-state index in [9.17, 15) is 9.46 Å². The van der Waals surface area contributed by atoms with Gasteiger partial charge < -0.3 is 18.8 Å². The Morgan fingerprint density at radius 3 is 2.07 bits per heavy atom. The van der Waals surface area contributed by atoms with Gasteiger partial charge in [-0.3, -0.25) is 4.57 Å². The van der Waals surface area contributed by atoms with Gasteiger partial charge in [0.25, 0.3) is 7.82 Å². The fourth-order valence-electron chi connectivity index (χ4n) is 1.73. The largest absolute Gasteiger partial charge is 0.756 e. The van der Waals surface area contributed by atoms with Gasteiger partial charge in [0.05, 0.1) is 32.8 Å². The molecular weight excluding hydrogens is 217 g/mol. The van der Waals surface area contributed by atoms with Crippen molar-refractivity contribution in [3.05, 3.63) is 0 Å². The molecule has 0 aliphatic heterocycles. The van der Waals surface area contributed by atoms with Gasteiger partial charge in [-0.05, 0) is 20.8 Å². The van der Waals surface area contributed by atoms with Crippen LogP contribution in [0.2, 0.25) is 0 Å². The smallest absolute Gasteiger partial charge is 0.265 e. The lowest BCUT2D eigenvalue weighted by Gasteiger charge is -2.35. The molecule has 0 radical (unpaired) electrons. The second-order valence-electron chi connectivity index (χ2n) is 3.67. The van der Waals surface area contributed by atoms with E-state index in [4.69, 9.17) is 4.89 Å². The highest BCUT2D eigenvalue weighted by Gasteiger charge is 2.19. The highest BCUT2D eigenvalue weighted by Crippen LogP contribution is 2.30. The highest BCUT2D eigenvalue weighted by molar-refractivity contribution is 7.44. The van der Waals surface area contributed by atoms with Crippen molar-refractivity contribution in [2.45, 2.75) is 27.2 Å². The zero-order valence-electron chi connectivity index (χ0n) is 9.81. The molecule has 0 aliphatic rings.